The number of aromatic nitrogens is 21. The zero-order valence-electron chi connectivity index (χ0n) is 81.7. The molecule has 36 heteroatoms. The number of H-pyrrole nitrogens is 3. The Kier molecular flexibility index (Phi) is 32.8. The van der Waals surface area contributed by atoms with Crippen LogP contribution in [0.4, 0.5) is 0 Å². The zero-order chi connectivity index (χ0) is 97.6. The fraction of sp³-hybridized carbons (Fsp3) is 0.314. The predicted octanol–water partition coefficient (Wildman–Crippen LogP) is 18.2. The number of fused-ring (bicyclic) bond motifs is 9. The van der Waals surface area contributed by atoms with Gasteiger partial charge in [-0.1, -0.05) is 136 Å². The summed E-state index contributed by atoms with van der Waals surface area (Å²) in [7, 11) is 3.73. The molecule has 1 atom stereocenters. The predicted molar refractivity (Wildman–Crippen MR) is 547 cm³/mol. The fourth-order valence-corrected chi connectivity index (χ4v) is 16.3. The Labute approximate surface area is 806 Å². The standard InChI is InChI=1S/C20H25N5O2Si.C16H21BN2O2.C16H21N3OSi.C16H13N3O.C11H12N2O.C10H10N2O.C9H15BN2O2.C4H6N2O/c1-26-15-11-22-25(13-15)19-6-5-16-17-12-21-8-7-18(17)24(20(16)23-19)14-27-9-10-28(2,3)4;1-15(2)16(3,4)21-17(20-15)14-10-18-19(12-14)11-13-8-6-5-7-9-13;1-21(2,3)10-9-20-12-19-15-6-8-17-11-14(15)13-5-4-7-18-16(13)19;1-20-11-3-2-10(8-11)14-5-4-12-13-9-17-7-6-15(13)19-16(12)18-14;1-14-11-7-12-13(9-11)8-10-5-3-2-4-6-10;13-10-6-11-12(8-10)7-9-4-2-1-3-5-9;1-8(2)9(3,4)14-10(13-8)7-5-11-12-6-7;1-7-4-2-5-6-3-4/h5-8,11-13H,9-10,14H2,1-4H3;5-10,12H,11H2,1-4H3;4-8,11H,9-10,12H2,1-3H3;2-10H,1H3,(H,18,19);2-7,9H,8H2,1H3;1-6,8,13H,7H2;5-6H,1-4H3,(H,11,12);2-3H,1H3,(H,5,6). The second-order valence-corrected chi connectivity index (χ2v) is 48.9. The molecule has 2 aliphatic heterocycles. The number of methoxy groups -OCH3 is 4. The van der Waals surface area contributed by atoms with Crippen LogP contribution in [0.15, 0.2) is 287 Å². The Morgan fingerprint density at radius 2 is 0.935 bits per heavy atom. The van der Waals surface area contributed by atoms with Crippen LogP contribution in [0.3, 0.4) is 0 Å². The summed E-state index contributed by atoms with van der Waals surface area (Å²) in [5.41, 5.74) is 11.3. The van der Waals surface area contributed by atoms with Crippen molar-refractivity contribution in [2.24, 2.45) is 0 Å². The lowest BCUT2D eigenvalue weighted by Gasteiger charge is -2.32. The Bertz CT molecular complexity index is 6860. The largest absolute Gasteiger partial charge is 0.505 e. The highest BCUT2D eigenvalue weighted by molar-refractivity contribution is 6.76. The number of hydrogen-bond donors (Lipinski definition) is 4. The van der Waals surface area contributed by atoms with Crippen molar-refractivity contribution >= 4 is 107 Å². The average Bonchev–Trinajstić information content (AvgIpc) is 1.63. The Morgan fingerprint density at radius 1 is 0.435 bits per heavy atom. The van der Waals surface area contributed by atoms with Gasteiger partial charge in [-0.25, -0.2) is 19.6 Å². The fourth-order valence-electron chi connectivity index (χ4n) is 14.8. The molecule has 18 aromatic rings. The van der Waals surface area contributed by atoms with Gasteiger partial charge >= 0.3 is 14.2 Å². The maximum atomic E-state index is 9.05. The van der Waals surface area contributed by atoms with Crippen molar-refractivity contribution < 1.29 is 52.1 Å². The molecule has 0 saturated carbocycles. The molecule has 21 rings (SSSR count). The lowest BCUT2D eigenvalue weighted by Crippen LogP contribution is -2.41. The molecular weight excluding hydrogens is 1770 g/mol. The molecule has 4 N–H and O–H groups in total. The van der Waals surface area contributed by atoms with E-state index in [0.717, 1.165) is 138 Å². The van der Waals surface area contributed by atoms with Crippen molar-refractivity contribution in [3.8, 4) is 28.8 Å². The van der Waals surface area contributed by atoms with Gasteiger partial charge in [0.15, 0.2) is 28.8 Å². The van der Waals surface area contributed by atoms with Crippen molar-refractivity contribution in [3.63, 3.8) is 0 Å². The van der Waals surface area contributed by atoms with Gasteiger partial charge in [-0.2, -0.15) is 30.6 Å². The normalized spacial score (nSPS) is 14.8. The minimum absolute atomic E-state index is 0.180. The summed E-state index contributed by atoms with van der Waals surface area (Å²) in [6.07, 6.45) is 39.8. The highest BCUT2D eigenvalue weighted by Gasteiger charge is 2.53. The van der Waals surface area contributed by atoms with Crippen molar-refractivity contribution in [3.05, 3.63) is 310 Å². The molecule has 32 nitrogen and oxygen atoms in total. The van der Waals surface area contributed by atoms with E-state index in [4.69, 9.17) is 62.1 Å². The van der Waals surface area contributed by atoms with Crippen LogP contribution in [-0.2, 0) is 65.9 Å². The third-order valence-electron chi connectivity index (χ3n) is 24.0. The second kappa shape index (κ2) is 45.3. The Hall–Kier alpha value is -14.0. The minimum Gasteiger partial charge on any atom is -0.505 e. The number of hydrogen-bond acceptors (Lipinski definition) is 23. The van der Waals surface area contributed by atoms with Gasteiger partial charge in [0, 0.05) is 147 Å². The van der Waals surface area contributed by atoms with Gasteiger partial charge in [0.1, 0.15) is 36.2 Å². The van der Waals surface area contributed by atoms with Crippen LogP contribution in [-0.4, -0.2) is 203 Å². The second-order valence-electron chi connectivity index (χ2n) is 37.7. The van der Waals surface area contributed by atoms with Crippen LogP contribution in [0.1, 0.15) is 83.7 Å². The maximum Gasteiger partial charge on any atom is 0.498 e. The van der Waals surface area contributed by atoms with Crippen LogP contribution >= 0.6 is 0 Å². The molecule has 1 aliphatic carbocycles. The summed E-state index contributed by atoms with van der Waals surface area (Å²) in [6.45, 7) is 35.3. The molecule has 1 unspecified atom stereocenters. The summed E-state index contributed by atoms with van der Waals surface area (Å²) in [6, 6.07) is 51.0. The number of aromatic amines is 3. The molecule has 138 heavy (non-hydrogen) atoms. The molecule has 15 aromatic heterocycles. The van der Waals surface area contributed by atoms with Gasteiger partial charge in [0.25, 0.3) is 0 Å². The van der Waals surface area contributed by atoms with Crippen LogP contribution in [0.5, 0.6) is 23.0 Å². The highest BCUT2D eigenvalue weighted by Crippen LogP contribution is 2.39. The summed E-state index contributed by atoms with van der Waals surface area (Å²) in [5.74, 6) is 4.25. The number of nitrogens with zero attached hydrogens (tertiary/aromatic N) is 18. The molecule has 0 spiro atoms. The van der Waals surface area contributed by atoms with Crippen molar-refractivity contribution in [2.45, 2.75) is 168 Å². The zero-order valence-corrected chi connectivity index (χ0v) is 83.7. The quantitative estimate of drug-likeness (QED) is 0.0322. The highest BCUT2D eigenvalue weighted by atomic mass is 28.3. The number of allylic oxidation sites excluding steroid dienone is 3. The molecule has 3 aromatic carbocycles. The van der Waals surface area contributed by atoms with E-state index < -0.39 is 16.1 Å². The van der Waals surface area contributed by atoms with E-state index in [9.17, 15) is 0 Å². The summed E-state index contributed by atoms with van der Waals surface area (Å²) in [5, 5.41) is 45.4. The molecule has 2 fully saturated rings. The van der Waals surface area contributed by atoms with Crippen LogP contribution in [0, 0.1) is 0 Å². The van der Waals surface area contributed by atoms with E-state index in [-0.39, 0.29) is 48.3 Å². The third-order valence-corrected chi connectivity index (χ3v) is 27.4. The van der Waals surface area contributed by atoms with Crippen LogP contribution in [0.25, 0.3) is 71.6 Å². The molecular formula is C102H123B2N21O11Si2. The first-order chi connectivity index (χ1) is 66.3. The van der Waals surface area contributed by atoms with Gasteiger partial charge in [-0.15, -0.1) is 0 Å². The Morgan fingerprint density at radius 3 is 1.44 bits per heavy atom. The van der Waals surface area contributed by atoms with E-state index in [1.807, 2.05) is 196 Å². The molecule has 0 radical (unpaired) electrons. The molecule has 17 heterocycles. The van der Waals surface area contributed by atoms with Crippen LogP contribution < -0.4 is 25.1 Å². The molecule has 0 bridgehead atoms. The van der Waals surface area contributed by atoms with Gasteiger partial charge < -0.3 is 66.3 Å². The van der Waals surface area contributed by atoms with Gasteiger partial charge in [-0.3, -0.25) is 39.2 Å². The first-order valence-electron chi connectivity index (χ1n) is 45.8. The maximum absolute atomic E-state index is 9.05. The smallest absolute Gasteiger partial charge is 0.498 e. The summed E-state index contributed by atoms with van der Waals surface area (Å²) < 4.78 is 67.4. The van der Waals surface area contributed by atoms with E-state index in [1.54, 1.807) is 93.6 Å². The summed E-state index contributed by atoms with van der Waals surface area (Å²) >= 11 is 0. The number of aromatic hydroxyl groups is 1. The first kappa shape index (κ1) is 100.0. The SMILES string of the molecule is CC1(C)OB(c2cn[nH]c2)OC1(C)C.CC1(C)OB(c2cnn(Cc3ccccc3)c2)OC1(C)C.COC1=CC(c2ccc3c(n2)[nH]c2ccncc23)C=C1.COc1cn[nH]c1.COc1cnn(-c2ccc3c4cnccc4n(COCC[Si](C)(C)C)c3n2)c1.COc1cnn(Cc2ccccc2)c1.C[Si](C)(C)CCOCn1c2ccncc2c2cccnc21.Oc1cnn(Cc2ccccc2)c1. The lowest BCUT2D eigenvalue weighted by atomic mass is 9.82. The lowest BCUT2D eigenvalue weighted by molar-refractivity contribution is 0.00578. The van der Waals surface area contributed by atoms with Gasteiger partial charge in [-0.05, 0) is 151 Å². The van der Waals surface area contributed by atoms with Crippen molar-refractivity contribution in [1.29, 1.82) is 0 Å². The summed E-state index contributed by atoms with van der Waals surface area (Å²) in [4.78, 5) is 30.1. The van der Waals surface area contributed by atoms with Gasteiger partial charge in [0.2, 0.25) is 0 Å². The third kappa shape index (κ3) is 26.2. The van der Waals surface area contributed by atoms with Gasteiger partial charge in [0.05, 0.1) is 142 Å². The Balaban J connectivity index is 0.000000129. The number of pyridine rings is 6. The number of benzene rings is 3. The van der Waals surface area contributed by atoms with Crippen molar-refractivity contribution in [2.75, 3.05) is 41.7 Å². The first-order valence-corrected chi connectivity index (χ1v) is 53.2. The molecule has 2 saturated heterocycles. The minimum atomic E-state index is -1.12. The molecule has 716 valence electrons. The van der Waals surface area contributed by atoms with Crippen LogP contribution in [0.2, 0.25) is 51.4 Å². The van der Waals surface area contributed by atoms with Crippen molar-refractivity contribution in [1.82, 2.24) is 104 Å². The molecule has 0 amide bonds. The van der Waals surface area contributed by atoms with E-state index in [0.29, 0.717) is 25.8 Å². The topological polar surface area (TPSA) is 344 Å². The number of ether oxygens (including phenoxy) is 6. The number of rotatable bonds is 24. The van der Waals surface area contributed by atoms with E-state index in [2.05, 4.69) is 203 Å². The molecule has 3 aliphatic rings. The monoisotopic (exact) mass is 1900 g/mol. The van der Waals surface area contributed by atoms with E-state index in [1.165, 1.54) is 28.9 Å². The van der Waals surface area contributed by atoms with E-state index >= 15 is 0 Å². The average molecular weight is 1900 g/mol. The number of nitrogens with one attached hydrogen (secondary N) is 3.